The van der Waals surface area contributed by atoms with Crippen LogP contribution in [0.5, 0.6) is 0 Å². The zero-order valence-corrected chi connectivity index (χ0v) is 13.8. The van der Waals surface area contributed by atoms with E-state index in [1.54, 1.807) is 12.1 Å². The molecular formula is C18H23FN2S. The maximum Gasteiger partial charge on any atom is 0.173 e. The lowest BCUT2D eigenvalue weighted by Gasteiger charge is -2.60. The maximum atomic E-state index is 13.0. The molecule has 0 spiro atoms. The molecule has 0 saturated heterocycles. The van der Waals surface area contributed by atoms with Crippen molar-refractivity contribution in [3.05, 3.63) is 30.1 Å². The van der Waals surface area contributed by atoms with Crippen LogP contribution in [0.25, 0.3) is 0 Å². The second kappa shape index (κ2) is 5.19. The van der Waals surface area contributed by atoms with Crippen LogP contribution >= 0.6 is 12.2 Å². The van der Waals surface area contributed by atoms with E-state index in [2.05, 4.69) is 17.3 Å². The molecule has 4 aliphatic rings. The molecule has 0 heterocycles. The Morgan fingerprint density at radius 3 is 2.09 bits per heavy atom. The number of anilines is 1. The Labute approximate surface area is 137 Å². The predicted molar refractivity (Wildman–Crippen MR) is 91.3 cm³/mol. The van der Waals surface area contributed by atoms with E-state index in [1.165, 1.54) is 50.7 Å². The fourth-order valence-electron chi connectivity index (χ4n) is 5.43. The zero-order valence-electron chi connectivity index (χ0n) is 13.0. The van der Waals surface area contributed by atoms with Gasteiger partial charge in [0.25, 0.3) is 0 Å². The van der Waals surface area contributed by atoms with Crippen LogP contribution in [0.3, 0.4) is 0 Å². The molecule has 22 heavy (non-hydrogen) atoms. The molecule has 4 bridgehead atoms. The summed E-state index contributed by atoms with van der Waals surface area (Å²) >= 11 is 5.65. The molecule has 0 radical (unpaired) electrons. The van der Waals surface area contributed by atoms with E-state index < -0.39 is 0 Å². The molecule has 2 nitrogen and oxygen atoms in total. The van der Waals surface area contributed by atoms with Crippen molar-refractivity contribution >= 4 is 23.0 Å². The van der Waals surface area contributed by atoms with Gasteiger partial charge in [0.15, 0.2) is 5.11 Å². The minimum Gasteiger partial charge on any atom is -0.346 e. The number of hydrogen-bond acceptors (Lipinski definition) is 1. The van der Waals surface area contributed by atoms with Gasteiger partial charge in [-0.2, -0.15) is 0 Å². The van der Waals surface area contributed by atoms with Crippen LogP contribution in [0, 0.1) is 23.6 Å². The molecule has 0 unspecified atom stereocenters. The molecule has 1 aromatic rings. The van der Waals surface area contributed by atoms with Gasteiger partial charge in [0.1, 0.15) is 5.82 Å². The average molecular weight is 318 g/mol. The molecule has 1 N–H and O–H groups in total. The van der Waals surface area contributed by atoms with E-state index in [1.807, 2.05) is 0 Å². The minimum absolute atomic E-state index is 0.217. The van der Waals surface area contributed by atoms with Gasteiger partial charge >= 0.3 is 0 Å². The second-order valence-corrected chi connectivity index (χ2v) is 8.02. The molecule has 4 heteroatoms. The molecule has 0 amide bonds. The molecule has 118 valence electrons. The van der Waals surface area contributed by atoms with Gasteiger partial charge in [-0.1, -0.05) is 0 Å². The van der Waals surface area contributed by atoms with Crippen LogP contribution in [0.2, 0.25) is 0 Å². The average Bonchev–Trinajstić information content (AvgIpc) is 2.47. The number of benzene rings is 1. The fourth-order valence-corrected chi connectivity index (χ4v) is 5.74. The van der Waals surface area contributed by atoms with Crippen molar-refractivity contribution in [1.29, 1.82) is 0 Å². The lowest BCUT2D eigenvalue weighted by Crippen LogP contribution is -2.60. The summed E-state index contributed by atoms with van der Waals surface area (Å²) in [5.74, 6) is 2.50. The van der Waals surface area contributed by atoms with Crippen LogP contribution in [0.1, 0.15) is 38.5 Å². The molecule has 5 rings (SSSR count). The van der Waals surface area contributed by atoms with E-state index in [-0.39, 0.29) is 11.4 Å². The van der Waals surface area contributed by atoms with Crippen LogP contribution in [0.4, 0.5) is 10.1 Å². The van der Waals surface area contributed by atoms with Crippen molar-refractivity contribution in [3.8, 4) is 0 Å². The van der Waals surface area contributed by atoms with E-state index in [0.29, 0.717) is 0 Å². The summed E-state index contributed by atoms with van der Waals surface area (Å²) in [6.07, 6.45) is 8.18. The summed E-state index contributed by atoms with van der Waals surface area (Å²) in [5, 5.41) is 4.06. The molecule has 1 aromatic carbocycles. The molecule has 4 aliphatic carbocycles. The van der Waals surface area contributed by atoms with E-state index in [4.69, 9.17) is 12.2 Å². The van der Waals surface area contributed by atoms with Gasteiger partial charge in [-0.3, -0.25) is 0 Å². The Bertz CT molecular complexity index is 548. The van der Waals surface area contributed by atoms with Gasteiger partial charge < -0.3 is 10.2 Å². The summed E-state index contributed by atoms with van der Waals surface area (Å²) in [7, 11) is 2.14. The first-order valence-corrected chi connectivity index (χ1v) is 8.75. The Morgan fingerprint density at radius 2 is 1.59 bits per heavy atom. The maximum absolute atomic E-state index is 13.0. The SMILES string of the molecule is CN(C(=S)Nc1ccc(F)cc1)C12CC3CC(CC(C3)C1)C2. The highest BCUT2D eigenvalue weighted by atomic mass is 32.1. The van der Waals surface area contributed by atoms with Crippen molar-refractivity contribution in [2.75, 3.05) is 12.4 Å². The summed E-state index contributed by atoms with van der Waals surface area (Å²) in [4.78, 5) is 2.32. The molecule has 4 saturated carbocycles. The monoisotopic (exact) mass is 318 g/mol. The fraction of sp³-hybridized carbons (Fsp3) is 0.611. The molecule has 4 fully saturated rings. The van der Waals surface area contributed by atoms with E-state index in [0.717, 1.165) is 28.6 Å². The first-order chi connectivity index (χ1) is 10.5. The van der Waals surface area contributed by atoms with Crippen LogP contribution in [0.15, 0.2) is 24.3 Å². The van der Waals surface area contributed by atoms with E-state index in [9.17, 15) is 4.39 Å². The quantitative estimate of drug-likeness (QED) is 0.813. The Hall–Kier alpha value is -1.16. The molecule has 0 aromatic heterocycles. The van der Waals surface area contributed by atoms with Crippen LogP contribution < -0.4 is 5.32 Å². The standard InChI is InChI=1S/C18H23FN2S/c1-21(17(22)20-16-4-2-15(19)3-5-16)18-9-12-6-13(10-18)8-14(7-12)11-18/h2-5,12-14H,6-11H2,1H3,(H,20,22). The van der Waals surface area contributed by atoms with Crippen molar-refractivity contribution < 1.29 is 4.39 Å². The number of nitrogens with zero attached hydrogens (tertiary/aromatic N) is 1. The predicted octanol–water partition coefficient (Wildman–Crippen LogP) is 4.42. The highest BCUT2D eigenvalue weighted by Crippen LogP contribution is 2.57. The Balaban J connectivity index is 1.50. The third kappa shape index (κ3) is 2.41. The van der Waals surface area contributed by atoms with Gasteiger partial charge in [0.2, 0.25) is 0 Å². The van der Waals surface area contributed by atoms with Crippen molar-refractivity contribution in [2.45, 2.75) is 44.1 Å². The van der Waals surface area contributed by atoms with Gasteiger partial charge in [-0.15, -0.1) is 0 Å². The Morgan fingerprint density at radius 1 is 1.09 bits per heavy atom. The number of hydrogen-bond donors (Lipinski definition) is 1. The molecule has 0 aliphatic heterocycles. The van der Waals surface area contributed by atoms with Crippen LogP contribution in [-0.2, 0) is 0 Å². The van der Waals surface area contributed by atoms with Gasteiger partial charge in [0.05, 0.1) is 0 Å². The lowest BCUT2D eigenvalue weighted by atomic mass is 9.52. The second-order valence-electron chi connectivity index (χ2n) is 7.64. The zero-order chi connectivity index (χ0) is 15.3. The smallest absolute Gasteiger partial charge is 0.173 e. The Kier molecular flexibility index (Phi) is 3.40. The van der Waals surface area contributed by atoms with Crippen molar-refractivity contribution in [1.82, 2.24) is 4.90 Å². The van der Waals surface area contributed by atoms with Gasteiger partial charge in [0, 0.05) is 18.3 Å². The highest BCUT2D eigenvalue weighted by molar-refractivity contribution is 7.80. The molecular weight excluding hydrogens is 295 g/mol. The third-order valence-electron chi connectivity index (χ3n) is 6.12. The normalized spacial score (nSPS) is 35.5. The highest BCUT2D eigenvalue weighted by Gasteiger charge is 2.53. The van der Waals surface area contributed by atoms with Gasteiger partial charge in [-0.25, -0.2) is 4.39 Å². The van der Waals surface area contributed by atoms with Crippen molar-refractivity contribution in [2.24, 2.45) is 17.8 Å². The van der Waals surface area contributed by atoms with Gasteiger partial charge in [-0.05, 0) is 92.8 Å². The summed E-state index contributed by atoms with van der Waals surface area (Å²) in [5.41, 5.74) is 1.13. The summed E-state index contributed by atoms with van der Waals surface area (Å²) in [6.45, 7) is 0. The number of thiocarbonyl (C=S) groups is 1. The lowest BCUT2D eigenvalue weighted by molar-refractivity contribution is -0.0538. The van der Waals surface area contributed by atoms with E-state index >= 15 is 0 Å². The summed E-state index contributed by atoms with van der Waals surface area (Å²) < 4.78 is 13.0. The third-order valence-corrected chi connectivity index (χ3v) is 6.49. The van der Waals surface area contributed by atoms with Crippen LogP contribution in [-0.4, -0.2) is 22.6 Å². The minimum atomic E-state index is -0.217. The van der Waals surface area contributed by atoms with Crippen molar-refractivity contribution in [3.63, 3.8) is 0 Å². The first kappa shape index (κ1) is 14.4. The number of nitrogens with one attached hydrogen (secondary N) is 1. The topological polar surface area (TPSA) is 15.3 Å². The molecule has 0 atom stereocenters. The number of halogens is 1. The summed E-state index contributed by atoms with van der Waals surface area (Å²) in [6, 6.07) is 6.43. The first-order valence-electron chi connectivity index (χ1n) is 8.34. The largest absolute Gasteiger partial charge is 0.346 e. The number of rotatable bonds is 2.